The van der Waals surface area contributed by atoms with Crippen LogP contribution in [0.5, 0.6) is 0 Å². The van der Waals surface area contributed by atoms with Crippen molar-refractivity contribution in [3.05, 3.63) is 23.9 Å². The molecule has 16 heavy (non-hydrogen) atoms. The zero-order valence-corrected chi connectivity index (χ0v) is 8.67. The molecule has 0 radical (unpaired) electrons. The van der Waals surface area contributed by atoms with Crippen LogP contribution in [0.25, 0.3) is 0 Å². The number of rotatable bonds is 3. The molecule has 0 bridgehead atoms. The van der Waals surface area contributed by atoms with Gasteiger partial charge in [-0.2, -0.15) is 13.2 Å². The Morgan fingerprint density at radius 1 is 1.50 bits per heavy atom. The van der Waals surface area contributed by atoms with E-state index in [1.165, 1.54) is 6.07 Å². The zero-order valence-electron chi connectivity index (χ0n) is 8.67. The van der Waals surface area contributed by atoms with Crippen molar-refractivity contribution in [3.8, 4) is 12.3 Å². The van der Waals surface area contributed by atoms with Crippen molar-refractivity contribution in [3.63, 3.8) is 0 Å². The lowest BCUT2D eigenvalue weighted by Crippen LogP contribution is -2.15. The van der Waals surface area contributed by atoms with Crippen LogP contribution in [-0.4, -0.2) is 11.0 Å². The fraction of sp³-hybridized carbons (Fsp3) is 0.364. The first-order valence-corrected chi connectivity index (χ1v) is 4.66. The van der Waals surface area contributed by atoms with E-state index in [2.05, 4.69) is 16.2 Å². The molecule has 0 saturated carbocycles. The number of nitrogens with one attached hydrogen (secondary N) is 1. The van der Waals surface area contributed by atoms with Crippen molar-refractivity contribution in [1.29, 1.82) is 0 Å². The number of halogens is 3. The number of terminal acetylenes is 1. The fourth-order valence-corrected chi connectivity index (χ4v) is 1.13. The Balaban J connectivity index is 2.69. The third kappa shape index (κ3) is 3.46. The van der Waals surface area contributed by atoms with Crippen LogP contribution in [0.3, 0.4) is 0 Å². The number of aromatic nitrogens is 1. The second-order valence-corrected chi connectivity index (χ2v) is 3.38. The van der Waals surface area contributed by atoms with E-state index in [4.69, 9.17) is 6.42 Å². The van der Waals surface area contributed by atoms with Crippen LogP contribution in [0.4, 0.5) is 19.0 Å². The average Bonchev–Trinajstić information content (AvgIpc) is 2.17. The highest BCUT2D eigenvalue weighted by Crippen LogP contribution is 2.28. The molecule has 1 rings (SSSR count). The van der Waals surface area contributed by atoms with Gasteiger partial charge in [-0.3, -0.25) is 0 Å². The van der Waals surface area contributed by atoms with Gasteiger partial charge in [0, 0.05) is 18.7 Å². The summed E-state index contributed by atoms with van der Waals surface area (Å²) in [5.74, 6) is 2.84. The monoisotopic (exact) mass is 228 g/mol. The molecule has 0 aliphatic rings. The van der Waals surface area contributed by atoms with Crippen LogP contribution in [0, 0.1) is 12.3 Å². The Labute approximate surface area is 91.9 Å². The molecule has 1 unspecified atom stereocenters. The van der Waals surface area contributed by atoms with E-state index in [1.54, 1.807) is 0 Å². The molecule has 1 heterocycles. The van der Waals surface area contributed by atoms with Crippen LogP contribution >= 0.6 is 0 Å². The molecule has 0 amide bonds. The SMILES string of the molecule is C#CCC(C)Nc1ccc(C(F)(F)F)cn1. The van der Waals surface area contributed by atoms with Crippen molar-refractivity contribution in [2.24, 2.45) is 0 Å². The predicted molar refractivity (Wildman–Crippen MR) is 55.8 cm³/mol. The largest absolute Gasteiger partial charge is 0.417 e. The molecule has 1 atom stereocenters. The number of pyridine rings is 1. The van der Waals surface area contributed by atoms with Gasteiger partial charge in [0.05, 0.1) is 5.56 Å². The maximum Gasteiger partial charge on any atom is 0.417 e. The molecule has 1 N–H and O–H groups in total. The van der Waals surface area contributed by atoms with Crippen molar-refractivity contribution < 1.29 is 13.2 Å². The van der Waals surface area contributed by atoms with Crippen LogP contribution in [0.15, 0.2) is 18.3 Å². The van der Waals surface area contributed by atoms with Gasteiger partial charge in [-0.15, -0.1) is 12.3 Å². The van der Waals surface area contributed by atoms with E-state index < -0.39 is 11.7 Å². The Morgan fingerprint density at radius 2 is 2.19 bits per heavy atom. The topological polar surface area (TPSA) is 24.9 Å². The number of alkyl halides is 3. The summed E-state index contributed by atoms with van der Waals surface area (Å²) in [4.78, 5) is 3.67. The van der Waals surface area contributed by atoms with Gasteiger partial charge in [-0.25, -0.2) is 4.98 Å². The Morgan fingerprint density at radius 3 is 2.62 bits per heavy atom. The standard InChI is InChI=1S/C11H11F3N2/c1-3-4-8(2)16-10-6-5-9(7-15-10)11(12,13)14/h1,5-8H,4H2,2H3,(H,15,16). The number of anilines is 1. The lowest BCUT2D eigenvalue weighted by molar-refractivity contribution is -0.137. The average molecular weight is 228 g/mol. The first-order valence-electron chi connectivity index (χ1n) is 4.66. The van der Waals surface area contributed by atoms with Crippen LogP contribution in [0.2, 0.25) is 0 Å². The van der Waals surface area contributed by atoms with Crippen molar-refractivity contribution in [2.45, 2.75) is 25.6 Å². The van der Waals surface area contributed by atoms with Gasteiger partial charge in [-0.1, -0.05) is 0 Å². The van der Waals surface area contributed by atoms with Crippen LogP contribution < -0.4 is 5.32 Å². The molecule has 0 aliphatic heterocycles. The summed E-state index contributed by atoms with van der Waals surface area (Å²) in [6.07, 6.45) is 2.04. The normalized spacial score (nSPS) is 12.9. The van der Waals surface area contributed by atoms with Gasteiger partial charge in [0.2, 0.25) is 0 Å². The minimum Gasteiger partial charge on any atom is -0.367 e. The molecule has 0 saturated heterocycles. The number of nitrogens with zero attached hydrogens (tertiary/aromatic N) is 1. The van der Waals surface area contributed by atoms with Crippen LogP contribution in [0.1, 0.15) is 18.9 Å². The predicted octanol–water partition coefficient (Wildman–Crippen LogP) is 2.92. The van der Waals surface area contributed by atoms with E-state index in [1.807, 2.05) is 6.92 Å². The quantitative estimate of drug-likeness (QED) is 0.804. The maximum absolute atomic E-state index is 12.2. The molecule has 86 valence electrons. The summed E-state index contributed by atoms with van der Waals surface area (Å²) in [5.41, 5.74) is -0.761. The second kappa shape index (κ2) is 4.88. The van der Waals surface area contributed by atoms with E-state index in [0.29, 0.717) is 12.2 Å². The summed E-state index contributed by atoms with van der Waals surface area (Å²) in [7, 11) is 0. The van der Waals surface area contributed by atoms with E-state index in [9.17, 15) is 13.2 Å². The smallest absolute Gasteiger partial charge is 0.367 e. The van der Waals surface area contributed by atoms with Gasteiger partial charge >= 0.3 is 6.18 Å². The van der Waals surface area contributed by atoms with Gasteiger partial charge in [-0.05, 0) is 19.1 Å². The molecule has 0 aromatic carbocycles. The summed E-state index contributed by atoms with van der Waals surface area (Å²) in [6, 6.07) is 2.25. The summed E-state index contributed by atoms with van der Waals surface area (Å²) >= 11 is 0. The molecule has 1 aromatic rings. The Bertz CT molecular complexity index is 376. The Hall–Kier alpha value is -1.70. The van der Waals surface area contributed by atoms with Crippen molar-refractivity contribution in [1.82, 2.24) is 4.98 Å². The highest BCUT2D eigenvalue weighted by molar-refractivity contribution is 5.37. The Kier molecular flexibility index (Phi) is 3.78. The number of hydrogen-bond acceptors (Lipinski definition) is 2. The van der Waals surface area contributed by atoms with Gasteiger partial charge in [0.25, 0.3) is 0 Å². The second-order valence-electron chi connectivity index (χ2n) is 3.38. The first-order chi connectivity index (χ1) is 7.43. The van der Waals surface area contributed by atoms with Crippen molar-refractivity contribution >= 4 is 5.82 Å². The molecular weight excluding hydrogens is 217 g/mol. The third-order valence-corrected chi connectivity index (χ3v) is 1.91. The lowest BCUT2D eigenvalue weighted by Gasteiger charge is -2.12. The van der Waals surface area contributed by atoms with E-state index in [-0.39, 0.29) is 6.04 Å². The molecular formula is C11H11F3N2. The minimum absolute atomic E-state index is 0.0192. The maximum atomic E-state index is 12.2. The lowest BCUT2D eigenvalue weighted by atomic mass is 10.2. The van der Waals surface area contributed by atoms with E-state index in [0.717, 1.165) is 12.3 Å². The van der Waals surface area contributed by atoms with Gasteiger partial charge in [0.1, 0.15) is 5.82 Å². The summed E-state index contributed by atoms with van der Waals surface area (Å²) < 4.78 is 36.6. The molecule has 5 heteroatoms. The highest BCUT2D eigenvalue weighted by Gasteiger charge is 2.30. The molecule has 0 fully saturated rings. The molecule has 1 aromatic heterocycles. The van der Waals surface area contributed by atoms with Gasteiger partial charge in [0.15, 0.2) is 0 Å². The fourth-order valence-electron chi connectivity index (χ4n) is 1.13. The summed E-state index contributed by atoms with van der Waals surface area (Å²) in [6.45, 7) is 1.83. The zero-order chi connectivity index (χ0) is 12.2. The molecule has 2 nitrogen and oxygen atoms in total. The van der Waals surface area contributed by atoms with E-state index >= 15 is 0 Å². The molecule has 0 aliphatic carbocycles. The van der Waals surface area contributed by atoms with Crippen LogP contribution in [-0.2, 0) is 6.18 Å². The summed E-state index contributed by atoms with van der Waals surface area (Å²) in [5, 5.41) is 2.90. The first kappa shape index (κ1) is 12.4. The minimum atomic E-state index is -4.35. The molecule has 0 spiro atoms. The third-order valence-electron chi connectivity index (χ3n) is 1.91. The van der Waals surface area contributed by atoms with Crippen molar-refractivity contribution in [2.75, 3.05) is 5.32 Å². The highest BCUT2D eigenvalue weighted by atomic mass is 19.4. The van der Waals surface area contributed by atoms with Gasteiger partial charge < -0.3 is 5.32 Å². The number of hydrogen-bond donors (Lipinski definition) is 1.